The first kappa shape index (κ1) is 22.2. The first-order valence-electron chi connectivity index (χ1n) is 10.8. The molecule has 1 fully saturated rings. The van der Waals surface area contributed by atoms with Crippen LogP contribution in [0, 0.1) is 29.1 Å². The molecule has 0 N–H and O–H groups in total. The van der Waals surface area contributed by atoms with Gasteiger partial charge in [0.05, 0.1) is 30.1 Å². The van der Waals surface area contributed by atoms with Gasteiger partial charge in [-0.25, -0.2) is 9.50 Å². The number of pyridine rings is 2. The first-order chi connectivity index (χ1) is 15.8. The fraction of sp³-hybridized carbons (Fsp3) is 0.360. The maximum atomic E-state index is 11.7. The topological polar surface area (TPSA) is 86.8 Å². The van der Waals surface area contributed by atoms with Gasteiger partial charge in [0.2, 0.25) is 0 Å². The van der Waals surface area contributed by atoms with Crippen LogP contribution in [0.5, 0.6) is 5.75 Å². The fourth-order valence-corrected chi connectivity index (χ4v) is 3.74. The number of amides is 1. The molecule has 0 unspecified atom stereocenters. The van der Waals surface area contributed by atoms with Gasteiger partial charge < -0.3 is 14.5 Å². The van der Waals surface area contributed by atoms with Crippen LogP contribution in [0.1, 0.15) is 26.3 Å². The predicted octanol–water partition coefficient (Wildman–Crippen LogP) is 2.97. The van der Waals surface area contributed by atoms with Gasteiger partial charge >= 0.3 is 0 Å². The Labute approximate surface area is 193 Å². The molecular weight excluding hydrogens is 416 g/mol. The molecule has 0 radical (unpaired) electrons. The van der Waals surface area contributed by atoms with Crippen LogP contribution in [0.2, 0.25) is 0 Å². The summed E-state index contributed by atoms with van der Waals surface area (Å²) in [6.45, 7) is 9.36. The Bertz CT molecular complexity index is 1250. The summed E-state index contributed by atoms with van der Waals surface area (Å²) in [4.78, 5) is 20.2. The van der Waals surface area contributed by atoms with E-state index in [2.05, 4.69) is 47.7 Å². The lowest BCUT2D eigenvalue weighted by Gasteiger charge is -2.34. The third-order valence-electron chi connectivity index (χ3n) is 5.45. The van der Waals surface area contributed by atoms with E-state index in [1.54, 1.807) is 28.0 Å². The van der Waals surface area contributed by atoms with Crippen molar-refractivity contribution in [3.05, 3.63) is 42.4 Å². The Hall–Kier alpha value is -4.04. The lowest BCUT2D eigenvalue weighted by atomic mass is 9.99. The van der Waals surface area contributed by atoms with E-state index < -0.39 is 0 Å². The maximum Gasteiger partial charge on any atom is 0.298 e. The first-order valence-corrected chi connectivity index (χ1v) is 10.8. The lowest BCUT2D eigenvalue weighted by Crippen LogP contribution is -2.48. The zero-order chi connectivity index (χ0) is 23.6. The van der Waals surface area contributed by atoms with Crippen LogP contribution in [-0.2, 0) is 4.79 Å². The number of piperazine rings is 1. The molecule has 3 aromatic rings. The number of carbonyl (C=O) groups excluding carboxylic acids is 1. The molecule has 168 valence electrons. The average molecular weight is 443 g/mol. The highest BCUT2D eigenvalue weighted by Gasteiger charge is 2.21. The second kappa shape index (κ2) is 8.84. The van der Waals surface area contributed by atoms with Crippen LogP contribution < -0.4 is 9.64 Å². The van der Waals surface area contributed by atoms with E-state index in [9.17, 15) is 10.1 Å². The minimum atomic E-state index is -0.273. The molecule has 33 heavy (non-hydrogen) atoms. The molecule has 1 aliphatic heterocycles. The molecule has 0 aromatic carbocycles. The number of rotatable bonds is 4. The number of fused-ring (bicyclic) bond motifs is 1. The summed E-state index contributed by atoms with van der Waals surface area (Å²) in [5, 5.41) is 13.9. The minimum absolute atomic E-state index is 0.00903. The second-order valence-electron chi connectivity index (χ2n) is 9.23. The van der Waals surface area contributed by atoms with Crippen LogP contribution in [-0.4, -0.2) is 58.2 Å². The number of hydrogen-bond acceptors (Lipinski definition) is 6. The highest BCUT2D eigenvalue weighted by atomic mass is 16.5. The van der Waals surface area contributed by atoms with Crippen LogP contribution in [0.25, 0.3) is 16.6 Å². The zero-order valence-electron chi connectivity index (χ0n) is 19.1. The van der Waals surface area contributed by atoms with Crippen molar-refractivity contribution >= 4 is 17.2 Å². The van der Waals surface area contributed by atoms with E-state index in [1.807, 2.05) is 18.2 Å². The van der Waals surface area contributed by atoms with E-state index in [-0.39, 0.29) is 11.3 Å². The van der Waals surface area contributed by atoms with Gasteiger partial charge in [0.1, 0.15) is 17.6 Å². The van der Waals surface area contributed by atoms with Crippen molar-refractivity contribution in [2.24, 2.45) is 5.41 Å². The molecule has 1 saturated heterocycles. The van der Waals surface area contributed by atoms with E-state index in [0.29, 0.717) is 44.1 Å². The standard InChI is InChI=1S/C25H26N6O2/c1-5-23(32)30-10-8-29(9-11-30)22-7-6-18(14-27-22)21-12-20(33-17-25(2,3)4)16-31-24(21)19(13-26)15-28-31/h1,6-7,12,14-16H,8-11,17H2,2-4H3. The molecular formula is C25H26N6O2. The van der Waals surface area contributed by atoms with Crippen molar-refractivity contribution in [1.82, 2.24) is 19.5 Å². The number of aromatic nitrogens is 3. The van der Waals surface area contributed by atoms with Gasteiger partial charge in [0, 0.05) is 43.5 Å². The summed E-state index contributed by atoms with van der Waals surface area (Å²) in [5.41, 5.74) is 2.92. The molecule has 0 spiro atoms. The number of terminal acetylenes is 1. The SMILES string of the molecule is C#CC(=O)N1CCN(c2ccc(-c3cc(OCC(C)(C)C)cn4ncc(C#N)c34)cn2)CC1. The summed E-state index contributed by atoms with van der Waals surface area (Å²) in [6, 6.07) is 8.09. The van der Waals surface area contributed by atoms with Gasteiger partial charge in [0.15, 0.2) is 0 Å². The highest BCUT2D eigenvalue weighted by Crippen LogP contribution is 2.32. The van der Waals surface area contributed by atoms with Crippen molar-refractivity contribution in [2.75, 3.05) is 37.7 Å². The molecule has 4 rings (SSSR count). The van der Waals surface area contributed by atoms with Gasteiger partial charge in [-0.2, -0.15) is 10.4 Å². The molecule has 8 nitrogen and oxygen atoms in total. The van der Waals surface area contributed by atoms with E-state index in [1.165, 1.54) is 0 Å². The molecule has 3 aromatic heterocycles. The van der Waals surface area contributed by atoms with Gasteiger partial charge in [-0.15, -0.1) is 6.42 Å². The fourth-order valence-electron chi connectivity index (χ4n) is 3.74. The largest absolute Gasteiger partial charge is 0.491 e. The van der Waals surface area contributed by atoms with E-state index in [0.717, 1.165) is 22.5 Å². The number of carbonyl (C=O) groups is 1. The Balaban J connectivity index is 1.62. The molecule has 1 aliphatic rings. The quantitative estimate of drug-likeness (QED) is 0.578. The Morgan fingerprint density at radius 3 is 2.58 bits per heavy atom. The van der Waals surface area contributed by atoms with Crippen LogP contribution >= 0.6 is 0 Å². The maximum absolute atomic E-state index is 11.7. The van der Waals surface area contributed by atoms with Gasteiger partial charge in [-0.3, -0.25) is 4.79 Å². The molecule has 0 saturated carbocycles. The highest BCUT2D eigenvalue weighted by molar-refractivity contribution is 5.93. The van der Waals surface area contributed by atoms with Crippen molar-refractivity contribution in [1.29, 1.82) is 5.26 Å². The van der Waals surface area contributed by atoms with E-state index >= 15 is 0 Å². The number of anilines is 1. The number of nitrogens with zero attached hydrogens (tertiary/aromatic N) is 6. The normalized spacial score (nSPS) is 14.1. The molecule has 1 amide bonds. The smallest absolute Gasteiger partial charge is 0.298 e. The summed E-state index contributed by atoms with van der Waals surface area (Å²) >= 11 is 0. The molecule has 4 heterocycles. The summed E-state index contributed by atoms with van der Waals surface area (Å²) in [5.74, 6) is 3.41. The number of nitriles is 1. The number of ether oxygens (including phenoxy) is 1. The average Bonchev–Trinajstić information content (AvgIpc) is 3.24. The summed E-state index contributed by atoms with van der Waals surface area (Å²) in [7, 11) is 0. The Morgan fingerprint density at radius 2 is 1.97 bits per heavy atom. The Kier molecular flexibility index (Phi) is 5.93. The summed E-state index contributed by atoms with van der Waals surface area (Å²) in [6.07, 6.45) is 10.4. The lowest BCUT2D eigenvalue weighted by molar-refractivity contribution is -0.125. The second-order valence-corrected chi connectivity index (χ2v) is 9.23. The number of hydrogen-bond donors (Lipinski definition) is 0. The zero-order valence-corrected chi connectivity index (χ0v) is 19.1. The third-order valence-corrected chi connectivity index (χ3v) is 5.45. The molecule has 8 heteroatoms. The van der Waals surface area contributed by atoms with Crippen LogP contribution in [0.3, 0.4) is 0 Å². The van der Waals surface area contributed by atoms with Crippen molar-refractivity contribution < 1.29 is 9.53 Å². The van der Waals surface area contributed by atoms with Gasteiger partial charge in [-0.1, -0.05) is 20.8 Å². The molecule has 0 atom stereocenters. The van der Waals surface area contributed by atoms with Crippen LogP contribution in [0.15, 0.2) is 36.8 Å². The van der Waals surface area contributed by atoms with Gasteiger partial charge in [-0.05, 0) is 29.5 Å². The molecule has 0 aliphatic carbocycles. The van der Waals surface area contributed by atoms with Gasteiger partial charge in [0.25, 0.3) is 5.91 Å². The van der Waals surface area contributed by atoms with Crippen LogP contribution in [0.4, 0.5) is 5.82 Å². The minimum Gasteiger partial charge on any atom is -0.491 e. The predicted molar refractivity (Wildman–Crippen MR) is 126 cm³/mol. The van der Waals surface area contributed by atoms with Crippen molar-refractivity contribution in [3.8, 4) is 35.3 Å². The molecule has 0 bridgehead atoms. The van der Waals surface area contributed by atoms with E-state index in [4.69, 9.17) is 11.2 Å². The van der Waals surface area contributed by atoms with Crippen molar-refractivity contribution in [2.45, 2.75) is 20.8 Å². The Morgan fingerprint density at radius 1 is 1.21 bits per heavy atom. The monoisotopic (exact) mass is 442 g/mol. The summed E-state index contributed by atoms with van der Waals surface area (Å²) < 4.78 is 7.70. The van der Waals surface area contributed by atoms with Crippen molar-refractivity contribution in [3.63, 3.8) is 0 Å². The third kappa shape index (κ3) is 4.75.